The molecule has 3 aromatic rings. The van der Waals surface area contributed by atoms with Crippen LogP contribution >= 0.6 is 11.8 Å². The zero-order valence-corrected chi connectivity index (χ0v) is 16.5. The van der Waals surface area contributed by atoms with Gasteiger partial charge in [0.15, 0.2) is 0 Å². The lowest BCUT2D eigenvalue weighted by atomic mass is 10.1. The Labute approximate surface area is 172 Å². The van der Waals surface area contributed by atoms with E-state index in [1.165, 1.54) is 23.9 Å². The van der Waals surface area contributed by atoms with Gasteiger partial charge < -0.3 is 10.2 Å². The van der Waals surface area contributed by atoms with Crippen LogP contribution < -0.4 is 10.2 Å². The van der Waals surface area contributed by atoms with Crippen molar-refractivity contribution in [1.82, 2.24) is 10.3 Å². The number of benzene rings is 2. The van der Waals surface area contributed by atoms with Crippen LogP contribution in [0.1, 0.15) is 33.2 Å². The second kappa shape index (κ2) is 8.05. The Morgan fingerprint density at radius 2 is 2.03 bits per heavy atom. The number of nitrogens with zero attached hydrogens (tertiary/aromatic N) is 2. The van der Waals surface area contributed by atoms with E-state index >= 15 is 0 Å². The Bertz CT molecular complexity index is 1100. The number of nitrogens with one attached hydrogen (secondary N) is 1. The average molecular weight is 407 g/mol. The summed E-state index contributed by atoms with van der Waals surface area (Å²) in [6.45, 7) is 2.64. The molecule has 29 heavy (non-hydrogen) atoms. The minimum atomic E-state index is -0.339. The summed E-state index contributed by atoms with van der Waals surface area (Å²) in [7, 11) is 0. The Hall–Kier alpha value is -3.19. The molecule has 1 aromatic heterocycles. The lowest BCUT2D eigenvalue weighted by molar-refractivity contribution is 0.0949. The van der Waals surface area contributed by atoms with Gasteiger partial charge in [-0.25, -0.2) is 9.37 Å². The van der Waals surface area contributed by atoms with Crippen molar-refractivity contribution in [1.29, 1.82) is 0 Å². The van der Waals surface area contributed by atoms with E-state index in [0.717, 1.165) is 10.6 Å². The first kappa shape index (κ1) is 19.1. The summed E-state index contributed by atoms with van der Waals surface area (Å²) < 4.78 is 13.3. The summed E-state index contributed by atoms with van der Waals surface area (Å²) >= 11 is 1.37. The van der Waals surface area contributed by atoms with Crippen molar-refractivity contribution in [2.24, 2.45) is 0 Å². The van der Waals surface area contributed by atoms with Crippen molar-refractivity contribution in [2.45, 2.75) is 23.4 Å². The summed E-state index contributed by atoms with van der Waals surface area (Å²) in [6.07, 6.45) is 1.65. The van der Waals surface area contributed by atoms with Crippen LogP contribution in [0.5, 0.6) is 0 Å². The predicted octanol–water partition coefficient (Wildman–Crippen LogP) is 4.28. The fourth-order valence-corrected chi connectivity index (χ4v) is 4.26. The number of pyridine rings is 1. The van der Waals surface area contributed by atoms with Gasteiger partial charge in [0.1, 0.15) is 10.8 Å². The Morgan fingerprint density at radius 3 is 2.83 bits per heavy atom. The SMILES string of the molecule is CCN1C(=O)c2cccnc2Sc2cc(C(=O)NCc3cccc(F)c3)ccc21. The molecule has 0 fully saturated rings. The number of halogens is 1. The van der Waals surface area contributed by atoms with Crippen LogP contribution in [0.15, 0.2) is 70.7 Å². The first-order valence-electron chi connectivity index (χ1n) is 9.18. The number of amides is 2. The second-order valence-corrected chi connectivity index (χ2v) is 7.53. The summed E-state index contributed by atoms with van der Waals surface area (Å²) in [4.78, 5) is 32.3. The van der Waals surface area contributed by atoms with Gasteiger partial charge in [-0.2, -0.15) is 0 Å². The molecule has 2 amide bonds. The van der Waals surface area contributed by atoms with Crippen LogP contribution in [-0.4, -0.2) is 23.3 Å². The van der Waals surface area contributed by atoms with Crippen LogP contribution in [0.4, 0.5) is 10.1 Å². The fourth-order valence-electron chi connectivity index (χ4n) is 3.20. The van der Waals surface area contributed by atoms with E-state index in [-0.39, 0.29) is 24.2 Å². The maximum atomic E-state index is 13.3. The van der Waals surface area contributed by atoms with E-state index < -0.39 is 0 Å². The van der Waals surface area contributed by atoms with Crippen LogP contribution in [-0.2, 0) is 6.54 Å². The van der Waals surface area contributed by atoms with Gasteiger partial charge in [-0.1, -0.05) is 23.9 Å². The van der Waals surface area contributed by atoms with Gasteiger partial charge in [0.05, 0.1) is 11.3 Å². The highest BCUT2D eigenvalue weighted by atomic mass is 32.2. The number of hydrogen-bond acceptors (Lipinski definition) is 4. The topological polar surface area (TPSA) is 62.3 Å². The highest BCUT2D eigenvalue weighted by Crippen LogP contribution is 2.40. The van der Waals surface area contributed by atoms with Crippen molar-refractivity contribution in [2.75, 3.05) is 11.4 Å². The van der Waals surface area contributed by atoms with Crippen LogP contribution in [0.2, 0.25) is 0 Å². The highest BCUT2D eigenvalue weighted by molar-refractivity contribution is 7.99. The first-order valence-corrected chi connectivity index (χ1v) is 10.00. The van der Waals surface area contributed by atoms with E-state index in [1.807, 2.05) is 6.92 Å². The standard InChI is InChI=1S/C22H18FN3O2S/c1-2-26-18-9-8-15(20(27)25-13-14-5-3-6-16(23)11-14)12-19(18)29-21-17(22(26)28)7-4-10-24-21/h3-12H,2,13H2,1H3,(H,25,27). The zero-order chi connectivity index (χ0) is 20.4. The van der Waals surface area contributed by atoms with E-state index in [4.69, 9.17) is 0 Å². The van der Waals surface area contributed by atoms with Gasteiger partial charge in [0.25, 0.3) is 11.8 Å². The molecule has 4 rings (SSSR count). The van der Waals surface area contributed by atoms with E-state index in [9.17, 15) is 14.0 Å². The maximum absolute atomic E-state index is 13.3. The summed E-state index contributed by atoms with van der Waals surface area (Å²) in [6, 6.07) is 14.9. The lowest BCUT2D eigenvalue weighted by Gasteiger charge is -2.21. The molecule has 0 atom stereocenters. The number of aromatic nitrogens is 1. The van der Waals surface area contributed by atoms with Crippen LogP contribution in [0.3, 0.4) is 0 Å². The molecule has 0 aliphatic carbocycles. The lowest BCUT2D eigenvalue weighted by Crippen LogP contribution is -2.30. The van der Waals surface area contributed by atoms with Crippen LogP contribution in [0, 0.1) is 5.82 Å². The first-order chi connectivity index (χ1) is 14.1. The monoisotopic (exact) mass is 407 g/mol. The van der Waals surface area contributed by atoms with Crippen molar-refractivity contribution in [3.05, 3.63) is 83.3 Å². The Kier molecular flexibility index (Phi) is 5.31. The third-order valence-corrected chi connectivity index (χ3v) is 5.69. The van der Waals surface area contributed by atoms with Crippen molar-refractivity contribution in [3.8, 4) is 0 Å². The molecular weight excluding hydrogens is 389 g/mol. The minimum absolute atomic E-state index is 0.106. The third kappa shape index (κ3) is 3.86. The van der Waals surface area contributed by atoms with E-state index in [1.54, 1.807) is 53.6 Å². The van der Waals surface area contributed by atoms with Crippen molar-refractivity contribution in [3.63, 3.8) is 0 Å². The second-order valence-electron chi connectivity index (χ2n) is 6.50. The number of rotatable bonds is 4. The van der Waals surface area contributed by atoms with Gasteiger partial charge in [-0.3, -0.25) is 9.59 Å². The minimum Gasteiger partial charge on any atom is -0.348 e. The molecule has 0 saturated heterocycles. The number of carbonyl (C=O) groups is 2. The van der Waals surface area contributed by atoms with Gasteiger partial charge in [0.2, 0.25) is 0 Å². The molecule has 1 N–H and O–H groups in total. The Morgan fingerprint density at radius 1 is 1.17 bits per heavy atom. The molecular formula is C22H18FN3O2S. The van der Waals surface area contributed by atoms with E-state index in [0.29, 0.717) is 28.3 Å². The van der Waals surface area contributed by atoms with Crippen molar-refractivity contribution >= 4 is 29.3 Å². The molecule has 0 radical (unpaired) electrons. The number of hydrogen-bond donors (Lipinski definition) is 1. The predicted molar refractivity (Wildman–Crippen MR) is 110 cm³/mol. The van der Waals surface area contributed by atoms with Crippen LogP contribution in [0.25, 0.3) is 0 Å². The molecule has 7 heteroatoms. The molecule has 2 heterocycles. The highest BCUT2D eigenvalue weighted by Gasteiger charge is 2.27. The molecule has 0 bridgehead atoms. The van der Waals surface area contributed by atoms with E-state index in [2.05, 4.69) is 10.3 Å². The third-order valence-electron chi connectivity index (χ3n) is 4.62. The molecule has 1 aliphatic rings. The molecule has 146 valence electrons. The van der Waals surface area contributed by atoms with Gasteiger partial charge in [-0.15, -0.1) is 0 Å². The molecule has 5 nitrogen and oxygen atoms in total. The number of carbonyl (C=O) groups excluding carboxylic acids is 2. The molecule has 0 saturated carbocycles. The van der Waals surface area contributed by atoms with Gasteiger partial charge in [0, 0.05) is 29.7 Å². The quantitative estimate of drug-likeness (QED) is 0.701. The largest absolute Gasteiger partial charge is 0.348 e. The number of fused-ring (bicyclic) bond motifs is 2. The normalized spacial score (nSPS) is 12.8. The Balaban J connectivity index is 1.62. The van der Waals surface area contributed by atoms with Gasteiger partial charge >= 0.3 is 0 Å². The number of anilines is 1. The summed E-state index contributed by atoms with van der Waals surface area (Å²) in [5.41, 5.74) is 2.45. The smallest absolute Gasteiger partial charge is 0.261 e. The average Bonchev–Trinajstić information content (AvgIpc) is 2.85. The molecule has 0 spiro atoms. The maximum Gasteiger partial charge on any atom is 0.261 e. The molecule has 1 aliphatic heterocycles. The summed E-state index contributed by atoms with van der Waals surface area (Å²) in [5, 5.41) is 3.42. The fraction of sp³-hybridized carbons (Fsp3) is 0.136. The molecule has 0 unspecified atom stereocenters. The van der Waals surface area contributed by atoms with Crippen molar-refractivity contribution < 1.29 is 14.0 Å². The summed E-state index contributed by atoms with van der Waals surface area (Å²) in [5.74, 6) is -0.712. The zero-order valence-electron chi connectivity index (χ0n) is 15.7. The molecule has 2 aromatic carbocycles. The van der Waals surface area contributed by atoms with Gasteiger partial charge in [-0.05, 0) is 55.0 Å².